The molecule has 0 aromatic heterocycles. The lowest BCUT2D eigenvalue weighted by molar-refractivity contribution is 0.316. The molecule has 1 aromatic carbocycles. The Bertz CT molecular complexity index is 648. The van der Waals surface area contributed by atoms with E-state index < -0.39 is 10.0 Å². The molecule has 26 heavy (non-hydrogen) atoms. The number of hydrogen-bond acceptors (Lipinski definition) is 3. The Morgan fingerprint density at radius 1 is 1.27 bits per heavy atom. The number of halogens is 1. The summed E-state index contributed by atoms with van der Waals surface area (Å²) < 4.78 is 26.8. The molecule has 1 aliphatic rings. The molecule has 1 unspecified atom stereocenters. The van der Waals surface area contributed by atoms with E-state index >= 15 is 0 Å². The molecule has 0 amide bonds. The number of nitrogens with zero attached hydrogens (tertiary/aromatic N) is 1. The Hall–Kier alpha value is -0.870. The Kier molecular flexibility index (Phi) is 10.5. The first kappa shape index (κ1) is 23.2. The minimum atomic E-state index is -3.26. The van der Waals surface area contributed by atoms with Crippen molar-refractivity contribution in [1.82, 2.24) is 15.4 Å². The van der Waals surface area contributed by atoms with Crippen LogP contribution in [-0.2, 0) is 10.0 Å². The average Bonchev–Trinajstić information content (AvgIpc) is 2.54. The zero-order valence-electron chi connectivity index (χ0n) is 15.6. The molecule has 0 saturated heterocycles. The fourth-order valence-corrected chi connectivity index (χ4v) is 3.61. The van der Waals surface area contributed by atoms with E-state index in [2.05, 4.69) is 39.4 Å². The van der Waals surface area contributed by atoms with Gasteiger partial charge >= 0.3 is 0 Å². The lowest BCUT2D eigenvalue weighted by atomic mass is 9.86. The third-order valence-electron chi connectivity index (χ3n) is 4.44. The summed E-state index contributed by atoms with van der Waals surface area (Å²) >= 11 is 0. The Morgan fingerprint density at radius 2 is 1.96 bits per heavy atom. The van der Waals surface area contributed by atoms with Gasteiger partial charge in [-0.1, -0.05) is 36.8 Å². The monoisotopic (exact) mass is 494 g/mol. The smallest absolute Gasteiger partial charge is 0.213 e. The zero-order valence-corrected chi connectivity index (χ0v) is 18.7. The highest BCUT2D eigenvalue weighted by Gasteiger charge is 2.20. The summed E-state index contributed by atoms with van der Waals surface area (Å²) in [6.07, 6.45) is 3.48. The van der Waals surface area contributed by atoms with Crippen molar-refractivity contribution >= 4 is 40.0 Å². The molecule has 1 aliphatic carbocycles. The topological polar surface area (TPSA) is 82.6 Å². The molecule has 0 spiro atoms. The summed E-state index contributed by atoms with van der Waals surface area (Å²) in [6.45, 7) is 5.56. The van der Waals surface area contributed by atoms with Crippen molar-refractivity contribution in [3.05, 3.63) is 35.9 Å². The van der Waals surface area contributed by atoms with Crippen molar-refractivity contribution in [1.29, 1.82) is 0 Å². The second-order valence-electron chi connectivity index (χ2n) is 6.50. The van der Waals surface area contributed by atoms with Gasteiger partial charge in [-0.2, -0.15) is 0 Å². The largest absolute Gasteiger partial charge is 0.357 e. The Balaban J connectivity index is 0.00000338. The van der Waals surface area contributed by atoms with Crippen molar-refractivity contribution in [2.24, 2.45) is 10.9 Å². The number of hydrogen-bond donors (Lipinski definition) is 3. The molecule has 0 heterocycles. The second-order valence-corrected chi connectivity index (χ2v) is 8.43. The van der Waals surface area contributed by atoms with Crippen molar-refractivity contribution in [2.75, 3.05) is 25.4 Å². The van der Waals surface area contributed by atoms with E-state index in [1.807, 2.05) is 25.1 Å². The van der Waals surface area contributed by atoms with Crippen LogP contribution in [0, 0.1) is 5.92 Å². The Morgan fingerprint density at radius 3 is 2.54 bits per heavy atom. The predicted molar refractivity (Wildman–Crippen MR) is 119 cm³/mol. The fraction of sp³-hybridized carbons (Fsp3) is 0.611. The van der Waals surface area contributed by atoms with Gasteiger partial charge in [0.05, 0.1) is 18.3 Å². The van der Waals surface area contributed by atoms with Crippen LogP contribution in [-0.4, -0.2) is 39.8 Å². The van der Waals surface area contributed by atoms with E-state index in [4.69, 9.17) is 0 Å². The van der Waals surface area contributed by atoms with Gasteiger partial charge in [0.15, 0.2) is 5.96 Å². The SMILES string of the molecule is CCNC(=NCCS(=O)(=O)NCC1CCC1)NC(C)c1ccccc1.I. The highest BCUT2D eigenvalue weighted by Crippen LogP contribution is 2.25. The third-order valence-corrected chi connectivity index (χ3v) is 5.77. The fourth-order valence-electron chi connectivity index (χ4n) is 2.64. The molecule has 3 N–H and O–H groups in total. The summed E-state index contributed by atoms with van der Waals surface area (Å²) in [7, 11) is -3.26. The lowest BCUT2D eigenvalue weighted by Crippen LogP contribution is -2.39. The standard InChI is InChI=1S/C18H30N4O2S.HI/c1-3-19-18(22-15(2)17-10-5-4-6-11-17)20-12-13-25(23,24)21-14-16-8-7-9-16;/h4-6,10-11,15-16,21H,3,7-9,12-14H2,1-2H3,(H2,19,20,22);1H. The van der Waals surface area contributed by atoms with E-state index in [1.54, 1.807) is 0 Å². The molecule has 0 aliphatic heterocycles. The van der Waals surface area contributed by atoms with E-state index in [9.17, 15) is 8.42 Å². The molecule has 6 nitrogen and oxygen atoms in total. The van der Waals surface area contributed by atoms with Crippen molar-refractivity contribution in [2.45, 2.75) is 39.2 Å². The predicted octanol–water partition coefficient (Wildman–Crippen LogP) is 2.64. The van der Waals surface area contributed by atoms with E-state index in [-0.39, 0.29) is 42.3 Å². The summed E-state index contributed by atoms with van der Waals surface area (Å²) in [5.41, 5.74) is 1.16. The highest BCUT2D eigenvalue weighted by molar-refractivity contribution is 14.0. The molecule has 2 rings (SSSR count). The van der Waals surface area contributed by atoms with Crippen molar-refractivity contribution in [3.63, 3.8) is 0 Å². The molecule has 148 valence electrons. The molecule has 1 saturated carbocycles. The van der Waals surface area contributed by atoms with Crippen LogP contribution in [0.25, 0.3) is 0 Å². The molecular weight excluding hydrogens is 463 g/mol. The van der Waals surface area contributed by atoms with Crippen LogP contribution in [0.5, 0.6) is 0 Å². The number of aliphatic imine (C=N–C) groups is 1. The van der Waals surface area contributed by atoms with Crippen molar-refractivity contribution in [3.8, 4) is 0 Å². The first-order chi connectivity index (χ1) is 12.0. The lowest BCUT2D eigenvalue weighted by Gasteiger charge is -2.25. The zero-order chi connectivity index (χ0) is 18.1. The molecule has 0 bridgehead atoms. The van der Waals surface area contributed by atoms with Crippen molar-refractivity contribution < 1.29 is 8.42 Å². The summed E-state index contributed by atoms with van der Waals surface area (Å²) in [5.74, 6) is 1.16. The molecular formula is C18H31IN4O2S. The van der Waals surface area contributed by atoms with Crippen LogP contribution in [0.4, 0.5) is 0 Å². The van der Waals surface area contributed by atoms with Crippen LogP contribution in [0.15, 0.2) is 35.3 Å². The van der Waals surface area contributed by atoms with E-state index in [0.29, 0.717) is 18.4 Å². The van der Waals surface area contributed by atoms with Gasteiger partial charge in [0.25, 0.3) is 0 Å². The third kappa shape index (κ3) is 8.22. The molecule has 8 heteroatoms. The summed E-state index contributed by atoms with van der Waals surface area (Å²) in [6, 6.07) is 10.2. The maximum absolute atomic E-state index is 12.0. The molecule has 0 radical (unpaired) electrons. The maximum Gasteiger partial charge on any atom is 0.213 e. The first-order valence-electron chi connectivity index (χ1n) is 9.07. The van der Waals surface area contributed by atoms with Gasteiger partial charge in [-0.25, -0.2) is 13.1 Å². The van der Waals surface area contributed by atoms with Gasteiger partial charge < -0.3 is 10.6 Å². The summed E-state index contributed by atoms with van der Waals surface area (Å²) in [4.78, 5) is 4.40. The van der Waals surface area contributed by atoms with Gasteiger partial charge in [-0.15, -0.1) is 24.0 Å². The van der Waals surface area contributed by atoms with Gasteiger partial charge in [-0.3, -0.25) is 4.99 Å². The van der Waals surface area contributed by atoms with Gasteiger partial charge in [-0.05, 0) is 38.2 Å². The number of sulfonamides is 1. The average molecular weight is 494 g/mol. The molecule has 1 atom stereocenters. The Labute approximate surface area is 174 Å². The number of guanidine groups is 1. The van der Waals surface area contributed by atoms with Crippen LogP contribution in [0.1, 0.15) is 44.7 Å². The summed E-state index contributed by atoms with van der Waals surface area (Å²) in [5, 5.41) is 6.47. The quantitative estimate of drug-likeness (QED) is 0.280. The number of benzene rings is 1. The highest BCUT2D eigenvalue weighted by atomic mass is 127. The number of rotatable bonds is 9. The molecule has 1 fully saturated rings. The van der Waals surface area contributed by atoms with E-state index in [1.165, 1.54) is 6.42 Å². The van der Waals surface area contributed by atoms with E-state index in [0.717, 1.165) is 24.9 Å². The van der Waals surface area contributed by atoms with Crippen LogP contribution < -0.4 is 15.4 Å². The van der Waals surface area contributed by atoms with Gasteiger partial charge in [0, 0.05) is 13.1 Å². The van der Waals surface area contributed by atoms with Gasteiger partial charge in [0.1, 0.15) is 0 Å². The maximum atomic E-state index is 12.0. The molecule has 1 aromatic rings. The second kappa shape index (κ2) is 11.8. The van der Waals surface area contributed by atoms with Crippen LogP contribution >= 0.6 is 24.0 Å². The minimum absolute atomic E-state index is 0. The minimum Gasteiger partial charge on any atom is -0.357 e. The van der Waals surface area contributed by atoms with Crippen LogP contribution in [0.3, 0.4) is 0 Å². The number of nitrogens with one attached hydrogen (secondary N) is 3. The van der Waals surface area contributed by atoms with Crippen LogP contribution in [0.2, 0.25) is 0 Å². The van der Waals surface area contributed by atoms with Gasteiger partial charge in [0.2, 0.25) is 10.0 Å². The first-order valence-corrected chi connectivity index (χ1v) is 10.7. The normalized spacial score (nSPS) is 16.3.